The highest BCUT2D eigenvalue weighted by Crippen LogP contribution is 2.29. The first kappa shape index (κ1) is 19.1. The van der Waals surface area contributed by atoms with Gasteiger partial charge in [0.25, 0.3) is 0 Å². The van der Waals surface area contributed by atoms with Gasteiger partial charge in [0.05, 0.1) is 5.69 Å². The molecule has 0 saturated carbocycles. The molecule has 0 aliphatic carbocycles. The quantitative estimate of drug-likeness (QED) is 0.370. The number of hydrogen-bond donors (Lipinski definition) is 1. The van der Waals surface area contributed by atoms with Gasteiger partial charge in [-0.1, -0.05) is 43.0 Å². The molecule has 6 heteroatoms. The van der Waals surface area contributed by atoms with Gasteiger partial charge in [0.2, 0.25) is 0 Å². The molecule has 0 saturated heterocycles. The molecule has 1 N–H and O–H groups in total. The van der Waals surface area contributed by atoms with Crippen molar-refractivity contribution in [2.75, 3.05) is 11.3 Å². The Labute approximate surface area is 160 Å². The normalized spacial score (nSPS) is 10.5. The number of benzene rings is 2. The second-order valence-electron chi connectivity index (χ2n) is 5.27. The zero-order valence-electron chi connectivity index (χ0n) is 13.9. The standard InChI is InChI=1S/C18H20INO3S/c1-4-13-8-9-16(12(2)10-13)23-11-14-6-5-7-15(19)17(14)20(22)18(21)24-3/h5-10,22H,4,11H2,1-3H3. The van der Waals surface area contributed by atoms with E-state index in [1.54, 1.807) is 6.26 Å². The van der Waals surface area contributed by atoms with Crippen molar-refractivity contribution in [3.63, 3.8) is 0 Å². The molecule has 0 radical (unpaired) electrons. The fraction of sp³-hybridized carbons (Fsp3) is 0.278. The monoisotopic (exact) mass is 457 g/mol. The van der Waals surface area contributed by atoms with Gasteiger partial charge in [0.15, 0.2) is 0 Å². The molecule has 0 atom stereocenters. The Morgan fingerprint density at radius 2 is 2.08 bits per heavy atom. The lowest BCUT2D eigenvalue weighted by Gasteiger charge is -2.20. The number of amides is 1. The third-order valence-corrected chi connectivity index (χ3v) is 5.05. The van der Waals surface area contributed by atoms with E-state index in [-0.39, 0.29) is 6.61 Å². The highest BCUT2D eigenvalue weighted by Gasteiger charge is 2.19. The minimum atomic E-state index is -0.427. The van der Waals surface area contributed by atoms with Crippen molar-refractivity contribution < 1.29 is 14.7 Å². The molecule has 0 heterocycles. The van der Waals surface area contributed by atoms with Crippen LogP contribution in [-0.4, -0.2) is 16.7 Å². The molecule has 2 aromatic rings. The number of thioether (sulfide) groups is 1. The fourth-order valence-electron chi connectivity index (χ4n) is 2.34. The summed E-state index contributed by atoms with van der Waals surface area (Å²) in [5.74, 6) is 0.803. The molecule has 0 aliphatic rings. The molecule has 4 nitrogen and oxygen atoms in total. The number of nitrogens with zero attached hydrogens (tertiary/aromatic N) is 1. The van der Waals surface area contributed by atoms with Crippen molar-refractivity contribution in [1.82, 2.24) is 0 Å². The van der Waals surface area contributed by atoms with E-state index in [2.05, 4.69) is 35.6 Å². The second-order valence-corrected chi connectivity index (χ2v) is 7.19. The Morgan fingerprint density at radius 3 is 2.71 bits per heavy atom. The summed E-state index contributed by atoms with van der Waals surface area (Å²) in [6.45, 7) is 4.41. The van der Waals surface area contributed by atoms with E-state index < -0.39 is 5.24 Å². The minimum absolute atomic E-state index is 0.275. The lowest BCUT2D eigenvalue weighted by molar-refractivity contribution is 0.223. The summed E-state index contributed by atoms with van der Waals surface area (Å²) in [6.07, 6.45) is 2.62. The molecule has 0 unspecified atom stereocenters. The highest BCUT2D eigenvalue weighted by atomic mass is 127. The predicted molar refractivity (Wildman–Crippen MR) is 107 cm³/mol. The number of anilines is 1. The zero-order valence-corrected chi connectivity index (χ0v) is 16.8. The topological polar surface area (TPSA) is 49.8 Å². The summed E-state index contributed by atoms with van der Waals surface area (Å²) in [7, 11) is 0. The first-order valence-electron chi connectivity index (χ1n) is 7.54. The molecule has 0 aliphatic heterocycles. The van der Waals surface area contributed by atoms with Gasteiger partial charge >= 0.3 is 5.24 Å². The number of halogens is 1. The maximum Gasteiger partial charge on any atom is 0.309 e. The third-order valence-electron chi connectivity index (χ3n) is 3.66. The number of para-hydroxylation sites is 1. The number of carbonyl (C=O) groups excluding carboxylic acids is 1. The van der Waals surface area contributed by atoms with E-state index in [9.17, 15) is 10.0 Å². The Bertz CT molecular complexity index is 736. The van der Waals surface area contributed by atoms with Crippen LogP contribution in [0.1, 0.15) is 23.6 Å². The van der Waals surface area contributed by atoms with Crippen LogP contribution in [0.25, 0.3) is 0 Å². The first-order valence-corrected chi connectivity index (χ1v) is 9.85. The van der Waals surface area contributed by atoms with Gasteiger partial charge in [0.1, 0.15) is 12.4 Å². The Balaban J connectivity index is 2.24. The smallest absolute Gasteiger partial charge is 0.309 e. The van der Waals surface area contributed by atoms with Gasteiger partial charge < -0.3 is 4.74 Å². The fourth-order valence-corrected chi connectivity index (χ4v) is 3.39. The van der Waals surface area contributed by atoms with Crippen LogP contribution in [0.2, 0.25) is 0 Å². The van der Waals surface area contributed by atoms with Crippen LogP contribution in [0.3, 0.4) is 0 Å². The average molecular weight is 457 g/mol. The number of rotatable bonds is 5. The summed E-state index contributed by atoms with van der Waals surface area (Å²) >= 11 is 3.06. The van der Waals surface area contributed by atoms with Gasteiger partial charge in [-0.2, -0.15) is 5.06 Å². The molecular weight excluding hydrogens is 437 g/mol. The summed E-state index contributed by atoms with van der Waals surface area (Å²) in [4.78, 5) is 11.8. The largest absolute Gasteiger partial charge is 0.489 e. The van der Waals surface area contributed by atoms with Gasteiger partial charge in [-0.25, -0.2) is 0 Å². The van der Waals surface area contributed by atoms with E-state index in [0.717, 1.165) is 38.6 Å². The minimum Gasteiger partial charge on any atom is -0.489 e. The molecule has 24 heavy (non-hydrogen) atoms. The van der Waals surface area contributed by atoms with Crippen LogP contribution in [0.5, 0.6) is 5.75 Å². The number of aryl methyl sites for hydroxylation is 2. The molecule has 0 spiro atoms. The van der Waals surface area contributed by atoms with Gasteiger partial charge in [-0.05, 0) is 65.5 Å². The molecule has 0 fully saturated rings. The van der Waals surface area contributed by atoms with Crippen molar-refractivity contribution >= 4 is 45.3 Å². The maximum atomic E-state index is 11.8. The lowest BCUT2D eigenvalue weighted by Crippen LogP contribution is -2.25. The molecule has 2 aromatic carbocycles. The Kier molecular flexibility index (Phi) is 6.94. The summed E-state index contributed by atoms with van der Waals surface area (Å²) in [6, 6.07) is 11.7. The first-order chi connectivity index (χ1) is 11.5. The van der Waals surface area contributed by atoms with Crippen LogP contribution in [0, 0.1) is 10.5 Å². The van der Waals surface area contributed by atoms with Crippen molar-refractivity contribution in [2.45, 2.75) is 26.9 Å². The number of carbonyl (C=O) groups is 1. The van der Waals surface area contributed by atoms with E-state index in [1.807, 2.05) is 37.3 Å². The van der Waals surface area contributed by atoms with Crippen LogP contribution in [0.4, 0.5) is 10.5 Å². The van der Waals surface area contributed by atoms with Crippen LogP contribution in [-0.2, 0) is 13.0 Å². The van der Waals surface area contributed by atoms with E-state index in [1.165, 1.54) is 5.56 Å². The lowest BCUT2D eigenvalue weighted by atomic mass is 10.1. The average Bonchev–Trinajstić information content (AvgIpc) is 2.59. The van der Waals surface area contributed by atoms with Crippen LogP contribution >= 0.6 is 34.4 Å². The number of ether oxygens (including phenoxy) is 1. The van der Waals surface area contributed by atoms with Crippen molar-refractivity contribution in [1.29, 1.82) is 0 Å². The third kappa shape index (κ3) is 4.43. The summed E-state index contributed by atoms with van der Waals surface area (Å²) in [5.41, 5.74) is 3.57. The van der Waals surface area contributed by atoms with Crippen molar-refractivity contribution in [3.05, 3.63) is 56.7 Å². The summed E-state index contributed by atoms with van der Waals surface area (Å²) in [5, 5.41) is 10.4. The SMILES string of the molecule is CCc1ccc(OCc2cccc(I)c2N(O)C(=O)SC)c(C)c1. The number of hydroxylamine groups is 1. The molecule has 0 bridgehead atoms. The molecule has 1 amide bonds. The van der Waals surface area contributed by atoms with Crippen LogP contribution in [0.15, 0.2) is 36.4 Å². The summed E-state index contributed by atoms with van der Waals surface area (Å²) < 4.78 is 6.71. The maximum absolute atomic E-state index is 11.8. The van der Waals surface area contributed by atoms with Crippen LogP contribution < -0.4 is 9.80 Å². The zero-order chi connectivity index (χ0) is 17.7. The van der Waals surface area contributed by atoms with E-state index in [4.69, 9.17) is 4.74 Å². The van der Waals surface area contributed by atoms with Gasteiger partial charge in [-0.15, -0.1) is 0 Å². The molecular formula is C18H20INO3S. The molecule has 2 rings (SSSR count). The Hall–Kier alpha value is -1.25. The number of hydrogen-bond acceptors (Lipinski definition) is 4. The Morgan fingerprint density at radius 1 is 1.33 bits per heavy atom. The highest BCUT2D eigenvalue weighted by molar-refractivity contribution is 14.1. The molecule has 0 aromatic heterocycles. The van der Waals surface area contributed by atoms with E-state index >= 15 is 0 Å². The van der Waals surface area contributed by atoms with Crippen molar-refractivity contribution in [2.24, 2.45) is 0 Å². The van der Waals surface area contributed by atoms with Gasteiger partial charge in [-0.3, -0.25) is 10.0 Å². The van der Waals surface area contributed by atoms with Gasteiger partial charge in [0, 0.05) is 9.13 Å². The van der Waals surface area contributed by atoms with Crippen molar-refractivity contribution in [3.8, 4) is 5.75 Å². The molecule has 128 valence electrons. The second kappa shape index (κ2) is 8.73. The van der Waals surface area contributed by atoms with E-state index in [0.29, 0.717) is 10.8 Å². The predicted octanol–water partition coefficient (Wildman–Crippen LogP) is 5.42.